The van der Waals surface area contributed by atoms with E-state index in [1.54, 1.807) is 0 Å². The van der Waals surface area contributed by atoms with Gasteiger partial charge >= 0.3 is 0 Å². The summed E-state index contributed by atoms with van der Waals surface area (Å²) in [5.74, 6) is -3.11. The van der Waals surface area contributed by atoms with E-state index in [-0.39, 0.29) is 5.92 Å². The Morgan fingerprint density at radius 2 is 2.15 bits per heavy atom. The molecular weight excluding hydrogens is 272 g/mol. The Labute approximate surface area is 113 Å². The number of nitro benzene ring substituents is 1. The molecule has 1 aromatic rings. The molecule has 1 fully saturated rings. The van der Waals surface area contributed by atoms with Crippen LogP contribution in [0.5, 0.6) is 0 Å². The number of hydrogen-bond acceptors (Lipinski definition) is 4. The highest BCUT2D eigenvalue weighted by Gasteiger charge is 2.32. The summed E-state index contributed by atoms with van der Waals surface area (Å²) < 4.78 is 26.6. The molecule has 6 nitrogen and oxygen atoms in total. The number of anilines is 1. The number of amides is 1. The van der Waals surface area contributed by atoms with Gasteiger partial charge < -0.3 is 10.6 Å². The maximum absolute atomic E-state index is 13.6. The largest absolute Gasteiger partial charge is 0.318 e. The van der Waals surface area contributed by atoms with Crippen LogP contribution in [0.3, 0.4) is 0 Å². The van der Waals surface area contributed by atoms with Gasteiger partial charge in [0.2, 0.25) is 5.91 Å². The molecule has 2 rings (SSSR count). The predicted octanol–water partition coefficient (Wildman–Crippen LogP) is 1.67. The average molecular weight is 285 g/mol. The Morgan fingerprint density at radius 3 is 2.70 bits per heavy atom. The molecule has 1 aliphatic rings. The van der Waals surface area contributed by atoms with Gasteiger partial charge in [0, 0.05) is 12.6 Å². The molecule has 2 N–H and O–H groups in total. The highest BCUT2D eigenvalue weighted by molar-refractivity contribution is 5.95. The molecule has 0 saturated carbocycles. The van der Waals surface area contributed by atoms with Gasteiger partial charge in [-0.05, 0) is 12.5 Å². The lowest BCUT2D eigenvalue weighted by atomic mass is 9.97. The molecular formula is C12H13F2N3O3. The van der Waals surface area contributed by atoms with E-state index in [0.717, 1.165) is 0 Å². The molecule has 0 aromatic heterocycles. The molecule has 0 aliphatic carbocycles. The van der Waals surface area contributed by atoms with Crippen LogP contribution in [0.4, 0.5) is 20.2 Å². The van der Waals surface area contributed by atoms with E-state index in [1.807, 2.05) is 6.92 Å². The first-order valence-corrected chi connectivity index (χ1v) is 6.05. The van der Waals surface area contributed by atoms with Crippen molar-refractivity contribution in [3.05, 3.63) is 33.9 Å². The number of nitro groups is 1. The van der Waals surface area contributed by atoms with Crippen LogP contribution >= 0.6 is 0 Å². The van der Waals surface area contributed by atoms with Crippen LogP contribution in [-0.4, -0.2) is 23.9 Å². The summed E-state index contributed by atoms with van der Waals surface area (Å²) in [5.41, 5.74) is -1.39. The van der Waals surface area contributed by atoms with Gasteiger partial charge in [0.05, 0.1) is 16.9 Å². The van der Waals surface area contributed by atoms with Crippen LogP contribution in [0.2, 0.25) is 0 Å². The lowest BCUT2D eigenvalue weighted by molar-refractivity contribution is -0.384. The zero-order chi connectivity index (χ0) is 14.9. The Bertz CT molecular complexity index is 565. The Hall–Kier alpha value is -2.09. The molecule has 0 bridgehead atoms. The van der Waals surface area contributed by atoms with Crippen molar-refractivity contribution in [1.82, 2.24) is 5.32 Å². The normalized spacial score (nSPS) is 21.8. The predicted molar refractivity (Wildman–Crippen MR) is 67.2 cm³/mol. The van der Waals surface area contributed by atoms with Crippen LogP contribution in [0.15, 0.2) is 12.1 Å². The summed E-state index contributed by atoms with van der Waals surface area (Å²) in [5, 5.41) is 16.0. The molecule has 2 atom stereocenters. The first kappa shape index (κ1) is 14.3. The van der Waals surface area contributed by atoms with Gasteiger partial charge in [-0.25, -0.2) is 8.78 Å². The fraction of sp³-hybridized carbons (Fsp3) is 0.417. The van der Waals surface area contributed by atoms with Crippen molar-refractivity contribution >= 4 is 17.3 Å². The van der Waals surface area contributed by atoms with Gasteiger partial charge in [-0.1, -0.05) is 6.92 Å². The summed E-state index contributed by atoms with van der Waals surface area (Å²) in [7, 11) is 0. The van der Waals surface area contributed by atoms with E-state index in [1.165, 1.54) is 0 Å². The number of carbonyl (C=O) groups excluding carboxylic acids is 1. The summed E-state index contributed by atoms with van der Waals surface area (Å²) in [6.07, 6.45) is 0. The molecule has 1 amide bonds. The number of nitrogens with zero attached hydrogens (tertiary/aromatic N) is 1. The van der Waals surface area contributed by atoms with E-state index in [9.17, 15) is 23.7 Å². The van der Waals surface area contributed by atoms with Crippen molar-refractivity contribution in [1.29, 1.82) is 0 Å². The molecule has 1 aliphatic heterocycles. The second-order valence-corrected chi connectivity index (χ2v) is 4.77. The van der Waals surface area contributed by atoms with Gasteiger partial charge in [0.15, 0.2) is 11.5 Å². The Balaban J connectivity index is 2.29. The molecule has 1 aromatic carbocycles. The van der Waals surface area contributed by atoms with E-state index >= 15 is 0 Å². The molecule has 2 unspecified atom stereocenters. The van der Waals surface area contributed by atoms with Crippen LogP contribution in [0, 0.1) is 33.6 Å². The number of rotatable bonds is 3. The zero-order valence-corrected chi connectivity index (χ0v) is 10.7. The topological polar surface area (TPSA) is 84.3 Å². The summed E-state index contributed by atoms with van der Waals surface area (Å²) >= 11 is 0. The number of carbonyl (C=O) groups is 1. The zero-order valence-electron chi connectivity index (χ0n) is 10.7. The lowest BCUT2D eigenvalue weighted by Gasteiger charge is -2.14. The molecule has 0 spiro atoms. The highest BCUT2D eigenvalue weighted by Crippen LogP contribution is 2.30. The summed E-state index contributed by atoms with van der Waals surface area (Å²) in [6.45, 7) is 2.91. The second kappa shape index (κ2) is 5.49. The van der Waals surface area contributed by atoms with E-state index < -0.39 is 39.8 Å². The maximum Gasteiger partial charge on any atom is 0.298 e. The average Bonchev–Trinajstić information content (AvgIpc) is 2.78. The summed E-state index contributed by atoms with van der Waals surface area (Å²) in [4.78, 5) is 21.9. The van der Waals surface area contributed by atoms with Crippen molar-refractivity contribution < 1.29 is 18.5 Å². The van der Waals surface area contributed by atoms with Gasteiger partial charge in [0.25, 0.3) is 5.69 Å². The Kier molecular flexibility index (Phi) is 3.93. The molecule has 108 valence electrons. The first-order chi connectivity index (χ1) is 9.40. The first-order valence-electron chi connectivity index (χ1n) is 6.05. The number of halogens is 2. The van der Waals surface area contributed by atoms with Gasteiger partial charge in [-0.3, -0.25) is 14.9 Å². The monoisotopic (exact) mass is 285 g/mol. The minimum atomic E-state index is -1.16. The molecule has 0 radical (unpaired) electrons. The third-order valence-corrected chi connectivity index (χ3v) is 3.33. The van der Waals surface area contributed by atoms with E-state index in [2.05, 4.69) is 10.6 Å². The molecule has 20 heavy (non-hydrogen) atoms. The van der Waals surface area contributed by atoms with Gasteiger partial charge in [-0.15, -0.1) is 0 Å². The van der Waals surface area contributed by atoms with Crippen LogP contribution < -0.4 is 10.6 Å². The minimum absolute atomic E-state index is 0.0394. The number of hydrogen-bond donors (Lipinski definition) is 2. The van der Waals surface area contributed by atoms with Crippen molar-refractivity contribution in [2.75, 3.05) is 18.4 Å². The molecule has 8 heteroatoms. The summed E-state index contributed by atoms with van der Waals surface area (Å²) in [6, 6.07) is 1.08. The third kappa shape index (κ3) is 2.74. The van der Waals surface area contributed by atoms with Crippen molar-refractivity contribution in [2.45, 2.75) is 6.92 Å². The lowest BCUT2D eigenvalue weighted by Crippen LogP contribution is -2.28. The molecule has 1 saturated heterocycles. The Morgan fingerprint density at radius 1 is 1.45 bits per heavy atom. The van der Waals surface area contributed by atoms with Crippen molar-refractivity contribution in [3.63, 3.8) is 0 Å². The number of nitrogens with one attached hydrogen (secondary N) is 2. The smallest absolute Gasteiger partial charge is 0.298 e. The van der Waals surface area contributed by atoms with Crippen LogP contribution in [0.1, 0.15) is 6.92 Å². The van der Waals surface area contributed by atoms with Crippen molar-refractivity contribution in [2.24, 2.45) is 11.8 Å². The second-order valence-electron chi connectivity index (χ2n) is 4.77. The maximum atomic E-state index is 13.6. The standard InChI is InChI=1S/C12H13F2N3O3/c1-6-4-15-5-8(6)12(18)16-11-9(14)2-7(13)3-10(11)17(19)20/h2-3,6,8,15H,4-5H2,1H3,(H,16,18). The fourth-order valence-corrected chi connectivity index (χ4v) is 2.20. The van der Waals surface area contributed by atoms with E-state index in [4.69, 9.17) is 0 Å². The highest BCUT2D eigenvalue weighted by atomic mass is 19.1. The van der Waals surface area contributed by atoms with Gasteiger partial charge in [0.1, 0.15) is 5.82 Å². The quantitative estimate of drug-likeness (QED) is 0.653. The molecule has 1 heterocycles. The SMILES string of the molecule is CC1CNCC1C(=O)Nc1c(F)cc(F)cc1[N+](=O)[O-]. The van der Waals surface area contributed by atoms with E-state index in [0.29, 0.717) is 25.2 Å². The van der Waals surface area contributed by atoms with Crippen LogP contribution in [-0.2, 0) is 4.79 Å². The van der Waals surface area contributed by atoms with Gasteiger partial charge in [-0.2, -0.15) is 0 Å². The minimum Gasteiger partial charge on any atom is -0.318 e. The fourth-order valence-electron chi connectivity index (χ4n) is 2.20. The van der Waals surface area contributed by atoms with Crippen molar-refractivity contribution in [3.8, 4) is 0 Å². The van der Waals surface area contributed by atoms with Crippen LogP contribution in [0.25, 0.3) is 0 Å². The third-order valence-electron chi connectivity index (χ3n) is 3.33. The number of benzene rings is 1.